The zero-order chi connectivity index (χ0) is 11.8. The maximum Gasteiger partial charge on any atom is 0.180 e. The third kappa shape index (κ3) is 1.89. The first-order chi connectivity index (χ1) is 8.22. The summed E-state index contributed by atoms with van der Waals surface area (Å²) in [5.41, 5.74) is 12.5. The summed E-state index contributed by atoms with van der Waals surface area (Å²) in [5.74, 6) is 1.25. The van der Waals surface area contributed by atoms with Gasteiger partial charge in [0.2, 0.25) is 0 Å². The van der Waals surface area contributed by atoms with Crippen molar-refractivity contribution >= 4 is 28.1 Å². The number of nitrogens with zero attached hydrogens (tertiary/aromatic N) is 4. The van der Waals surface area contributed by atoms with Gasteiger partial charge in [-0.05, 0) is 0 Å². The Morgan fingerprint density at radius 1 is 1.24 bits per heavy atom. The standard InChI is InChI=1S/C10H12N6S/c11-8-3-13-4-9(15-8)16-2-1-6-7(5-16)17-10(12)14-6/h3-4H,1-2,5H2,(H2,11,15)(H2,12,14). The molecule has 0 amide bonds. The van der Waals surface area contributed by atoms with Crippen molar-refractivity contribution in [1.82, 2.24) is 15.0 Å². The van der Waals surface area contributed by atoms with E-state index < -0.39 is 0 Å². The number of nitrogen functional groups attached to an aromatic ring is 2. The Morgan fingerprint density at radius 3 is 2.94 bits per heavy atom. The molecule has 3 rings (SSSR count). The van der Waals surface area contributed by atoms with Crippen LogP contribution in [0.4, 0.5) is 16.8 Å². The minimum absolute atomic E-state index is 0.442. The van der Waals surface area contributed by atoms with E-state index in [-0.39, 0.29) is 0 Å². The Labute approximate surface area is 102 Å². The van der Waals surface area contributed by atoms with Crippen LogP contribution in [0.5, 0.6) is 0 Å². The third-order valence-corrected chi connectivity index (χ3v) is 3.62. The molecule has 2 aromatic rings. The Kier molecular flexibility index (Phi) is 2.32. The highest BCUT2D eigenvalue weighted by atomic mass is 32.1. The number of thiazole rings is 1. The van der Waals surface area contributed by atoms with Crippen LogP contribution in [0.15, 0.2) is 12.4 Å². The number of fused-ring (bicyclic) bond motifs is 1. The topological polar surface area (TPSA) is 94.0 Å². The Hall–Kier alpha value is -1.89. The van der Waals surface area contributed by atoms with Crippen molar-refractivity contribution in [3.8, 4) is 0 Å². The molecule has 0 unspecified atom stereocenters. The quantitative estimate of drug-likeness (QED) is 0.770. The van der Waals surface area contributed by atoms with Crippen LogP contribution in [0.25, 0.3) is 0 Å². The van der Waals surface area contributed by atoms with Crippen LogP contribution in [-0.2, 0) is 13.0 Å². The van der Waals surface area contributed by atoms with Crippen molar-refractivity contribution in [2.45, 2.75) is 13.0 Å². The molecule has 0 aliphatic carbocycles. The van der Waals surface area contributed by atoms with E-state index in [4.69, 9.17) is 11.5 Å². The molecule has 4 N–H and O–H groups in total. The molecule has 88 valence electrons. The van der Waals surface area contributed by atoms with Gasteiger partial charge in [0.05, 0.1) is 24.6 Å². The minimum atomic E-state index is 0.442. The number of nitrogens with two attached hydrogens (primary N) is 2. The van der Waals surface area contributed by atoms with E-state index in [1.807, 2.05) is 0 Å². The van der Waals surface area contributed by atoms with Gasteiger partial charge < -0.3 is 16.4 Å². The van der Waals surface area contributed by atoms with Gasteiger partial charge in [0, 0.05) is 17.8 Å². The molecule has 0 radical (unpaired) electrons. The number of anilines is 3. The second kappa shape index (κ2) is 3.85. The first-order valence-corrected chi connectivity index (χ1v) is 6.10. The number of hydrogen-bond acceptors (Lipinski definition) is 7. The smallest absolute Gasteiger partial charge is 0.180 e. The molecular formula is C10H12N6S. The summed E-state index contributed by atoms with van der Waals surface area (Å²) in [4.78, 5) is 16.0. The Bertz CT molecular complexity index is 551. The van der Waals surface area contributed by atoms with Crippen molar-refractivity contribution in [3.05, 3.63) is 23.0 Å². The number of rotatable bonds is 1. The molecule has 0 saturated heterocycles. The first kappa shape index (κ1) is 10.3. The summed E-state index contributed by atoms with van der Waals surface area (Å²) in [6.45, 7) is 1.65. The first-order valence-electron chi connectivity index (χ1n) is 5.29. The number of aromatic nitrogens is 3. The second-order valence-corrected chi connectivity index (χ2v) is 5.01. The normalized spacial score (nSPS) is 14.7. The van der Waals surface area contributed by atoms with Crippen molar-refractivity contribution in [2.24, 2.45) is 0 Å². The van der Waals surface area contributed by atoms with Crippen LogP contribution >= 0.6 is 11.3 Å². The Balaban J connectivity index is 1.88. The molecular weight excluding hydrogens is 236 g/mol. The molecule has 0 spiro atoms. The van der Waals surface area contributed by atoms with Crippen LogP contribution in [0, 0.1) is 0 Å². The summed E-state index contributed by atoms with van der Waals surface area (Å²) in [7, 11) is 0. The summed E-state index contributed by atoms with van der Waals surface area (Å²) in [6, 6.07) is 0. The molecule has 0 atom stereocenters. The molecule has 0 saturated carbocycles. The molecule has 1 aliphatic heterocycles. The zero-order valence-electron chi connectivity index (χ0n) is 9.13. The van der Waals surface area contributed by atoms with E-state index in [0.717, 1.165) is 31.0 Å². The lowest BCUT2D eigenvalue weighted by atomic mass is 10.2. The molecule has 0 bridgehead atoms. The fraction of sp³-hybridized carbons (Fsp3) is 0.300. The second-order valence-electron chi connectivity index (χ2n) is 3.90. The highest BCUT2D eigenvalue weighted by Gasteiger charge is 2.21. The van der Waals surface area contributed by atoms with Gasteiger partial charge in [-0.1, -0.05) is 0 Å². The lowest BCUT2D eigenvalue weighted by molar-refractivity contribution is 0.717. The predicted molar refractivity (Wildman–Crippen MR) is 67.7 cm³/mol. The maximum absolute atomic E-state index is 5.71. The van der Waals surface area contributed by atoms with Crippen molar-refractivity contribution in [3.63, 3.8) is 0 Å². The molecule has 0 fully saturated rings. The van der Waals surface area contributed by atoms with Crippen LogP contribution < -0.4 is 16.4 Å². The van der Waals surface area contributed by atoms with Gasteiger partial charge in [0.25, 0.3) is 0 Å². The van der Waals surface area contributed by atoms with Gasteiger partial charge in [-0.2, -0.15) is 0 Å². The number of hydrogen-bond donors (Lipinski definition) is 2. The van der Waals surface area contributed by atoms with Crippen molar-refractivity contribution in [2.75, 3.05) is 22.9 Å². The zero-order valence-corrected chi connectivity index (χ0v) is 9.94. The third-order valence-electron chi connectivity index (χ3n) is 2.71. The van der Waals surface area contributed by atoms with E-state index in [1.165, 1.54) is 16.2 Å². The van der Waals surface area contributed by atoms with E-state index in [2.05, 4.69) is 19.9 Å². The highest BCUT2D eigenvalue weighted by molar-refractivity contribution is 7.15. The SMILES string of the molecule is Nc1cncc(N2CCc3nc(N)sc3C2)n1. The maximum atomic E-state index is 5.71. The van der Waals surface area contributed by atoms with E-state index >= 15 is 0 Å². The van der Waals surface area contributed by atoms with E-state index in [1.54, 1.807) is 12.4 Å². The summed E-state index contributed by atoms with van der Waals surface area (Å²) >= 11 is 1.54. The van der Waals surface area contributed by atoms with Crippen molar-refractivity contribution in [1.29, 1.82) is 0 Å². The molecule has 1 aliphatic rings. The molecule has 7 heteroatoms. The minimum Gasteiger partial charge on any atom is -0.382 e. The lowest BCUT2D eigenvalue weighted by Gasteiger charge is -2.26. The van der Waals surface area contributed by atoms with Gasteiger partial charge in [0.1, 0.15) is 11.6 Å². The van der Waals surface area contributed by atoms with Gasteiger partial charge in [-0.3, -0.25) is 4.98 Å². The predicted octanol–water partition coefficient (Wildman–Crippen LogP) is 0.660. The van der Waals surface area contributed by atoms with Crippen LogP contribution in [0.2, 0.25) is 0 Å². The lowest BCUT2D eigenvalue weighted by Crippen LogP contribution is -2.30. The van der Waals surface area contributed by atoms with E-state index in [9.17, 15) is 0 Å². The molecule has 0 aromatic carbocycles. The fourth-order valence-electron chi connectivity index (χ4n) is 1.93. The molecule has 2 aromatic heterocycles. The average molecular weight is 248 g/mol. The van der Waals surface area contributed by atoms with Crippen LogP contribution in [0.1, 0.15) is 10.6 Å². The largest absolute Gasteiger partial charge is 0.382 e. The molecule has 3 heterocycles. The summed E-state index contributed by atoms with van der Waals surface area (Å²) in [6.07, 6.45) is 4.16. The average Bonchev–Trinajstić information content (AvgIpc) is 2.68. The van der Waals surface area contributed by atoms with Gasteiger partial charge >= 0.3 is 0 Å². The van der Waals surface area contributed by atoms with E-state index in [0.29, 0.717) is 10.9 Å². The molecule has 17 heavy (non-hydrogen) atoms. The van der Waals surface area contributed by atoms with Crippen LogP contribution in [-0.4, -0.2) is 21.5 Å². The highest BCUT2D eigenvalue weighted by Crippen LogP contribution is 2.28. The fourth-order valence-corrected chi connectivity index (χ4v) is 2.83. The van der Waals surface area contributed by atoms with Gasteiger partial charge in [-0.25, -0.2) is 9.97 Å². The Morgan fingerprint density at radius 2 is 2.12 bits per heavy atom. The summed E-state index contributed by atoms with van der Waals surface area (Å²) < 4.78 is 0. The van der Waals surface area contributed by atoms with Gasteiger partial charge in [-0.15, -0.1) is 11.3 Å². The van der Waals surface area contributed by atoms with Gasteiger partial charge in [0.15, 0.2) is 5.13 Å². The van der Waals surface area contributed by atoms with Crippen LogP contribution in [0.3, 0.4) is 0 Å². The van der Waals surface area contributed by atoms with Crippen molar-refractivity contribution < 1.29 is 0 Å². The monoisotopic (exact) mass is 248 g/mol. The summed E-state index contributed by atoms with van der Waals surface area (Å²) in [5, 5.41) is 0.635. The molecule has 6 nitrogen and oxygen atoms in total.